The molecule has 0 unspecified atom stereocenters. The number of hydrogen-bond donors (Lipinski definition) is 1. The van der Waals surface area contributed by atoms with Crippen LogP contribution in [0.5, 0.6) is 0 Å². The second kappa shape index (κ2) is 4.62. The number of anilines is 1. The van der Waals surface area contributed by atoms with Crippen LogP contribution in [0.2, 0.25) is 5.02 Å². The molecule has 0 bridgehead atoms. The predicted octanol–water partition coefficient (Wildman–Crippen LogP) is 2.57. The average Bonchev–Trinajstić information content (AvgIpc) is 2.17. The number of pyridine rings is 1. The summed E-state index contributed by atoms with van der Waals surface area (Å²) in [5.74, 6) is 0.694. The lowest BCUT2D eigenvalue weighted by molar-refractivity contribution is 0.0343. The van der Waals surface area contributed by atoms with Gasteiger partial charge in [0.1, 0.15) is 5.82 Å². The Morgan fingerprint density at radius 2 is 2.29 bits per heavy atom. The van der Waals surface area contributed by atoms with Gasteiger partial charge < -0.3 is 10.1 Å². The van der Waals surface area contributed by atoms with E-state index in [-0.39, 0.29) is 5.60 Å². The van der Waals surface area contributed by atoms with Gasteiger partial charge in [-0.15, -0.1) is 0 Å². The molecule has 3 nitrogen and oxygen atoms in total. The highest BCUT2D eigenvalue weighted by Gasteiger charge is 2.16. The summed E-state index contributed by atoms with van der Waals surface area (Å²) in [5.41, 5.74) is -0.221. The van der Waals surface area contributed by atoms with E-state index < -0.39 is 0 Å². The summed E-state index contributed by atoms with van der Waals surface area (Å²) in [5, 5.41) is 3.76. The van der Waals surface area contributed by atoms with Crippen LogP contribution in [-0.4, -0.2) is 24.2 Å². The number of nitrogens with one attached hydrogen (secondary N) is 1. The molecular weight excluding hydrogens is 200 g/mol. The zero-order chi connectivity index (χ0) is 10.6. The molecule has 4 heteroatoms. The normalized spacial score (nSPS) is 11.4. The van der Waals surface area contributed by atoms with Gasteiger partial charge in [-0.1, -0.05) is 11.6 Å². The first-order valence-corrected chi connectivity index (χ1v) is 4.82. The molecule has 0 saturated heterocycles. The molecule has 0 amide bonds. The van der Waals surface area contributed by atoms with Crippen LogP contribution in [-0.2, 0) is 4.74 Å². The third-order valence-corrected chi connectivity index (χ3v) is 2.30. The molecule has 0 aliphatic carbocycles. The van der Waals surface area contributed by atoms with Gasteiger partial charge in [-0.3, -0.25) is 0 Å². The molecule has 0 saturated carbocycles. The molecule has 0 atom stereocenters. The first-order chi connectivity index (χ1) is 6.55. The fourth-order valence-electron chi connectivity index (χ4n) is 0.885. The van der Waals surface area contributed by atoms with E-state index in [0.29, 0.717) is 17.4 Å². The minimum Gasteiger partial charge on any atom is -0.377 e. The van der Waals surface area contributed by atoms with Gasteiger partial charge in [0.25, 0.3) is 0 Å². The highest BCUT2D eigenvalue weighted by Crippen LogP contribution is 2.18. The van der Waals surface area contributed by atoms with Crippen molar-refractivity contribution in [3.8, 4) is 0 Å². The number of rotatable bonds is 4. The Morgan fingerprint density at radius 3 is 2.86 bits per heavy atom. The van der Waals surface area contributed by atoms with Crippen molar-refractivity contribution >= 4 is 17.4 Å². The number of aromatic nitrogens is 1. The Hall–Kier alpha value is -0.800. The van der Waals surface area contributed by atoms with Gasteiger partial charge in [-0.2, -0.15) is 0 Å². The molecule has 1 heterocycles. The van der Waals surface area contributed by atoms with Crippen LogP contribution in [0.3, 0.4) is 0 Å². The van der Waals surface area contributed by atoms with Crippen molar-refractivity contribution in [3.63, 3.8) is 0 Å². The predicted molar refractivity (Wildman–Crippen MR) is 58.8 cm³/mol. The largest absolute Gasteiger partial charge is 0.377 e. The Labute approximate surface area is 89.4 Å². The van der Waals surface area contributed by atoms with Crippen molar-refractivity contribution in [3.05, 3.63) is 23.4 Å². The van der Waals surface area contributed by atoms with Crippen LogP contribution < -0.4 is 5.32 Å². The van der Waals surface area contributed by atoms with Crippen LogP contribution in [0.4, 0.5) is 5.82 Å². The third kappa shape index (κ3) is 3.16. The lowest BCUT2D eigenvalue weighted by atomic mass is 10.1. The average molecular weight is 215 g/mol. The SMILES string of the molecule is COC(C)(C)CNc1ncccc1Cl. The highest BCUT2D eigenvalue weighted by molar-refractivity contribution is 6.32. The number of hydrogen-bond acceptors (Lipinski definition) is 3. The maximum absolute atomic E-state index is 5.93. The van der Waals surface area contributed by atoms with E-state index in [1.165, 1.54) is 0 Å². The van der Waals surface area contributed by atoms with Gasteiger partial charge in [0.15, 0.2) is 0 Å². The summed E-state index contributed by atoms with van der Waals surface area (Å²) in [6.45, 7) is 4.66. The maximum atomic E-state index is 5.93. The Balaban J connectivity index is 2.58. The van der Waals surface area contributed by atoms with Crippen LogP contribution in [0.15, 0.2) is 18.3 Å². The van der Waals surface area contributed by atoms with Crippen LogP contribution in [0.1, 0.15) is 13.8 Å². The van der Waals surface area contributed by atoms with E-state index in [4.69, 9.17) is 16.3 Å². The Morgan fingerprint density at radius 1 is 1.57 bits per heavy atom. The molecule has 0 fully saturated rings. The lowest BCUT2D eigenvalue weighted by Crippen LogP contribution is -2.32. The van der Waals surface area contributed by atoms with Gasteiger partial charge in [0.05, 0.1) is 10.6 Å². The smallest absolute Gasteiger partial charge is 0.144 e. The van der Waals surface area contributed by atoms with Crippen LogP contribution in [0.25, 0.3) is 0 Å². The van der Waals surface area contributed by atoms with Crippen LogP contribution >= 0.6 is 11.6 Å². The van der Waals surface area contributed by atoms with Gasteiger partial charge in [-0.25, -0.2) is 4.98 Å². The summed E-state index contributed by atoms with van der Waals surface area (Å²) in [6.07, 6.45) is 1.70. The maximum Gasteiger partial charge on any atom is 0.144 e. The second-order valence-electron chi connectivity index (χ2n) is 3.65. The zero-order valence-corrected chi connectivity index (χ0v) is 9.43. The number of ether oxygens (including phenoxy) is 1. The van der Waals surface area contributed by atoms with Gasteiger partial charge in [-0.05, 0) is 26.0 Å². The molecule has 1 N–H and O–H groups in total. The summed E-state index contributed by atoms with van der Waals surface area (Å²) in [6, 6.07) is 3.60. The molecule has 0 aromatic carbocycles. The second-order valence-corrected chi connectivity index (χ2v) is 4.06. The lowest BCUT2D eigenvalue weighted by Gasteiger charge is -2.23. The molecule has 1 aromatic heterocycles. The molecule has 0 aliphatic heterocycles. The van der Waals surface area contributed by atoms with Crippen molar-refractivity contribution in [1.29, 1.82) is 0 Å². The molecule has 78 valence electrons. The molecule has 0 radical (unpaired) electrons. The quantitative estimate of drug-likeness (QED) is 0.837. The minimum absolute atomic E-state index is 0.221. The summed E-state index contributed by atoms with van der Waals surface area (Å²) in [7, 11) is 1.68. The van der Waals surface area contributed by atoms with Crippen molar-refractivity contribution in [1.82, 2.24) is 4.98 Å². The monoisotopic (exact) mass is 214 g/mol. The van der Waals surface area contributed by atoms with Gasteiger partial charge in [0.2, 0.25) is 0 Å². The first kappa shape index (κ1) is 11.3. The van der Waals surface area contributed by atoms with Crippen molar-refractivity contribution in [2.45, 2.75) is 19.4 Å². The summed E-state index contributed by atoms with van der Waals surface area (Å²) >= 11 is 5.93. The zero-order valence-electron chi connectivity index (χ0n) is 8.67. The number of nitrogens with zero attached hydrogens (tertiary/aromatic N) is 1. The number of halogens is 1. The van der Waals surface area contributed by atoms with Crippen LogP contribution in [0, 0.1) is 0 Å². The molecule has 0 spiro atoms. The molecule has 1 rings (SSSR count). The first-order valence-electron chi connectivity index (χ1n) is 4.45. The van der Waals surface area contributed by atoms with Crippen molar-refractivity contribution < 1.29 is 4.74 Å². The molecule has 1 aromatic rings. The summed E-state index contributed by atoms with van der Waals surface area (Å²) in [4.78, 5) is 4.12. The van der Waals surface area contributed by atoms with E-state index in [2.05, 4.69) is 10.3 Å². The van der Waals surface area contributed by atoms with E-state index >= 15 is 0 Å². The number of methoxy groups -OCH3 is 1. The van der Waals surface area contributed by atoms with E-state index in [9.17, 15) is 0 Å². The fourth-order valence-corrected chi connectivity index (χ4v) is 1.07. The highest BCUT2D eigenvalue weighted by atomic mass is 35.5. The topological polar surface area (TPSA) is 34.1 Å². The van der Waals surface area contributed by atoms with E-state index in [1.807, 2.05) is 13.8 Å². The Kier molecular flexibility index (Phi) is 3.72. The fraction of sp³-hybridized carbons (Fsp3) is 0.500. The Bertz CT molecular complexity index is 302. The van der Waals surface area contributed by atoms with E-state index in [0.717, 1.165) is 0 Å². The standard InChI is InChI=1S/C10H15ClN2O/c1-10(2,14-3)7-13-9-8(11)5-4-6-12-9/h4-6H,7H2,1-3H3,(H,12,13). The van der Waals surface area contributed by atoms with Gasteiger partial charge in [0, 0.05) is 19.9 Å². The summed E-state index contributed by atoms with van der Waals surface area (Å²) < 4.78 is 5.27. The molecule has 0 aliphatic rings. The van der Waals surface area contributed by atoms with Crippen molar-refractivity contribution in [2.75, 3.05) is 19.0 Å². The van der Waals surface area contributed by atoms with E-state index in [1.54, 1.807) is 25.4 Å². The van der Waals surface area contributed by atoms with Crippen molar-refractivity contribution in [2.24, 2.45) is 0 Å². The van der Waals surface area contributed by atoms with Gasteiger partial charge >= 0.3 is 0 Å². The molecule has 14 heavy (non-hydrogen) atoms. The third-order valence-electron chi connectivity index (χ3n) is 1.99. The molecular formula is C10H15ClN2O. The minimum atomic E-state index is -0.221.